The van der Waals surface area contributed by atoms with Gasteiger partial charge in [0.15, 0.2) is 0 Å². The van der Waals surface area contributed by atoms with Gasteiger partial charge >= 0.3 is 0 Å². The molecule has 1 aromatic rings. The van der Waals surface area contributed by atoms with Crippen molar-refractivity contribution in [2.24, 2.45) is 11.8 Å². The van der Waals surface area contributed by atoms with Gasteiger partial charge in [-0.15, -0.1) is 0 Å². The van der Waals surface area contributed by atoms with Crippen molar-refractivity contribution in [2.45, 2.75) is 39.2 Å². The first kappa shape index (κ1) is 14.9. The second kappa shape index (κ2) is 6.12. The topological polar surface area (TPSA) is 28.2 Å². The number of nitrogens with zero attached hydrogens (tertiary/aromatic N) is 2. The van der Waals surface area contributed by atoms with Crippen LogP contribution in [0.5, 0.6) is 0 Å². The molecule has 1 saturated heterocycles. The summed E-state index contributed by atoms with van der Waals surface area (Å²) in [6.07, 6.45) is 10.2. The SMILES string of the molecule is CC1=CC2=C(CN(c3cccnc3)CC2)C([C@@H]2CCCN2)C1C. The molecule has 0 aromatic carbocycles. The van der Waals surface area contributed by atoms with Crippen LogP contribution in [-0.2, 0) is 0 Å². The van der Waals surface area contributed by atoms with Gasteiger partial charge < -0.3 is 10.2 Å². The summed E-state index contributed by atoms with van der Waals surface area (Å²) in [7, 11) is 0. The third-order valence-corrected chi connectivity index (χ3v) is 6.03. The van der Waals surface area contributed by atoms with Crippen molar-refractivity contribution in [3.8, 4) is 0 Å². The maximum absolute atomic E-state index is 4.31. The van der Waals surface area contributed by atoms with Crippen molar-refractivity contribution in [1.82, 2.24) is 10.3 Å². The van der Waals surface area contributed by atoms with Crippen molar-refractivity contribution >= 4 is 5.69 Å². The van der Waals surface area contributed by atoms with E-state index in [-0.39, 0.29) is 0 Å². The standard InChI is InChI=1S/C20H27N3/c1-14-11-16-7-10-23(17-5-3-8-21-12-17)13-18(16)20(15(14)2)19-6-4-9-22-19/h3,5,8,11-12,15,19-20,22H,4,6-7,9-10,13H2,1-2H3/t15?,19-,20?/m0/s1. The molecule has 0 bridgehead atoms. The molecule has 0 spiro atoms. The third kappa shape index (κ3) is 2.72. The van der Waals surface area contributed by atoms with Crippen LogP contribution in [0.4, 0.5) is 5.69 Å². The minimum Gasteiger partial charge on any atom is -0.366 e. The van der Waals surface area contributed by atoms with Crippen LogP contribution in [-0.4, -0.2) is 30.7 Å². The lowest BCUT2D eigenvalue weighted by atomic mass is 9.70. The van der Waals surface area contributed by atoms with Gasteiger partial charge in [0.05, 0.1) is 11.9 Å². The van der Waals surface area contributed by atoms with E-state index < -0.39 is 0 Å². The third-order valence-electron chi connectivity index (χ3n) is 6.03. The molecule has 0 amide bonds. The highest BCUT2D eigenvalue weighted by Crippen LogP contribution is 2.42. The van der Waals surface area contributed by atoms with Crippen LogP contribution in [0.15, 0.2) is 47.3 Å². The van der Waals surface area contributed by atoms with E-state index in [2.05, 4.69) is 41.2 Å². The Balaban J connectivity index is 1.66. The van der Waals surface area contributed by atoms with Gasteiger partial charge in [0.2, 0.25) is 0 Å². The minimum absolute atomic E-state index is 0.651. The lowest BCUT2D eigenvalue weighted by Crippen LogP contribution is -2.43. The molecular weight excluding hydrogens is 282 g/mol. The second-order valence-electron chi connectivity index (χ2n) is 7.34. The maximum atomic E-state index is 4.31. The fourth-order valence-electron chi connectivity index (χ4n) is 4.65. The largest absolute Gasteiger partial charge is 0.366 e. The van der Waals surface area contributed by atoms with Crippen LogP contribution < -0.4 is 10.2 Å². The van der Waals surface area contributed by atoms with Crippen LogP contribution in [0.2, 0.25) is 0 Å². The highest BCUT2D eigenvalue weighted by atomic mass is 15.1. The molecule has 3 heterocycles. The number of allylic oxidation sites excluding steroid dienone is 2. The van der Waals surface area contributed by atoms with Crippen LogP contribution in [0.25, 0.3) is 0 Å². The van der Waals surface area contributed by atoms with Crippen LogP contribution in [0, 0.1) is 11.8 Å². The number of anilines is 1. The summed E-state index contributed by atoms with van der Waals surface area (Å²) in [5, 5.41) is 3.77. The highest BCUT2D eigenvalue weighted by molar-refractivity contribution is 5.51. The summed E-state index contributed by atoms with van der Waals surface area (Å²) >= 11 is 0. The van der Waals surface area contributed by atoms with Crippen molar-refractivity contribution in [2.75, 3.05) is 24.5 Å². The molecule has 23 heavy (non-hydrogen) atoms. The Morgan fingerprint density at radius 1 is 1.35 bits per heavy atom. The Morgan fingerprint density at radius 3 is 3.00 bits per heavy atom. The Bertz CT molecular complexity index is 626. The molecule has 2 unspecified atom stereocenters. The number of hydrogen-bond donors (Lipinski definition) is 1. The number of aromatic nitrogens is 1. The van der Waals surface area contributed by atoms with E-state index in [0.717, 1.165) is 19.5 Å². The molecule has 3 atom stereocenters. The zero-order valence-electron chi connectivity index (χ0n) is 14.3. The van der Waals surface area contributed by atoms with Gasteiger partial charge in [0.1, 0.15) is 0 Å². The van der Waals surface area contributed by atoms with Crippen molar-refractivity contribution in [1.29, 1.82) is 0 Å². The van der Waals surface area contributed by atoms with E-state index >= 15 is 0 Å². The second-order valence-corrected chi connectivity index (χ2v) is 7.34. The van der Waals surface area contributed by atoms with Gasteiger partial charge in [-0.2, -0.15) is 0 Å². The molecule has 2 aliphatic heterocycles. The van der Waals surface area contributed by atoms with Crippen molar-refractivity contribution in [3.05, 3.63) is 47.3 Å². The first-order valence-corrected chi connectivity index (χ1v) is 9.02. The zero-order chi connectivity index (χ0) is 15.8. The predicted molar refractivity (Wildman–Crippen MR) is 95.5 cm³/mol. The van der Waals surface area contributed by atoms with Crippen LogP contribution in [0.1, 0.15) is 33.1 Å². The predicted octanol–water partition coefficient (Wildman–Crippen LogP) is 3.55. The number of pyridine rings is 1. The monoisotopic (exact) mass is 309 g/mol. The van der Waals surface area contributed by atoms with E-state index in [4.69, 9.17) is 0 Å². The smallest absolute Gasteiger partial charge is 0.0555 e. The maximum Gasteiger partial charge on any atom is 0.0555 e. The molecule has 0 radical (unpaired) electrons. The van der Waals surface area contributed by atoms with E-state index in [1.807, 2.05) is 18.5 Å². The summed E-state index contributed by atoms with van der Waals surface area (Å²) in [4.78, 5) is 6.81. The molecule has 1 aromatic heterocycles. The normalized spacial score (nSPS) is 31.1. The number of nitrogens with one attached hydrogen (secondary N) is 1. The molecule has 3 nitrogen and oxygen atoms in total. The quantitative estimate of drug-likeness (QED) is 0.905. The first-order valence-electron chi connectivity index (χ1n) is 9.02. The molecule has 1 aliphatic carbocycles. The van der Waals surface area contributed by atoms with Gasteiger partial charge in [-0.05, 0) is 61.9 Å². The molecule has 3 heteroatoms. The van der Waals surface area contributed by atoms with E-state index in [9.17, 15) is 0 Å². The fourth-order valence-corrected chi connectivity index (χ4v) is 4.65. The van der Waals surface area contributed by atoms with Gasteiger partial charge in [0, 0.05) is 31.2 Å². The highest BCUT2D eigenvalue weighted by Gasteiger charge is 2.37. The van der Waals surface area contributed by atoms with Gasteiger partial charge in [-0.25, -0.2) is 0 Å². The van der Waals surface area contributed by atoms with Crippen LogP contribution >= 0.6 is 0 Å². The minimum atomic E-state index is 0.651. The Labute approximate surface area is 139 Å². The average Bonchev–Trinajstić information content (AvgIpc) is 3.10. The fraction of sp³-hybridized carbons (Fsp3) is 0.550. The Kier molecular flexibility index (Phi) is 3.98. The Morgan fingerprint density at radius 2 is 2.26 bits per heavy atom. The number of rotatable bonds is 2. The molecule has 1 N–H and O–H groups in total. The van der Waals surface area contributed by atoms with Crippen molar-refractivity contribution in [3.63, 3.8) is 0 Å². The van der Waals surface area contributed by atoms with E-state index in [1.165, 1.54) is 25.1 Å². The summed E-state index contributed by atoms with van der Waals surface area (Å²) in [6.45, 7) is 8.10. The molecule has 122 valence electrons. The van der Waals surface area contributed by atoms with E-state index in [0.29, 0.717) is 17.9 Å². The molecular formula is C20H27N3. The summed E-state index contributed by atoms with van der Waals surface area (Å²) in [5.74, 6) is 1.31. The lowest BCUT2D eigenvalue weighted by molar-refractivity contribution is 0.342. The summed E-state index contributed by atoms with van der Waals surface area (Å²) in [5.41, 5.74) is 6.12. The van der Waals surface area contributed by atoms with Gasteiger partial charge in [0.25, 0.3) is 0 Å². The molecule has 0 saturated carbocycles. The van der Waals surface area contributed by atoms with Gasteiger partial charge in [-0.1, -0.05) is 18.6 Å². The zero-order valence-corrected chi connectivity index (χ0v) is 14.3. The average molecular weight is 309 g/mol. The first-order chi connectivity index (χ1) is 11.2. The molecule has 4 rings (SSSR count). The number of hydrogen-bond acceptors (Lipinski definition) is 3. The van der Waals surface area contributed by atoms with Crippen LogP contribution in [0.3, 0.4) is 0 Å². The lowest BCUT2D eigenvalue weighted by Gasteiger charge is -2.42. The Hall–Kier alpha value is -1.61. The molecule has 1 fully saturated rings. The summed E-state index contributed by atoms with van der Waals surface area (Å²) < 4.78 is 0. The van der Waals surface area contributed by atoms with Crippen molar-refractivity contribution < 1.29 is 0 Å². The summed E-state index contributed by atoms with van der Waals surface area (Å²) in [6, 6.07) is 4.89. The van der Waals surface area contributed by atoms with Gasteiger partial charge in [-0.3, -0.25) is 4.98 Å². The molecule has 3 aliphatic rings. The van der Waals surface area contributed by atoms with E-state index in [1.54, 1.807) is 16.7 Å².